The summed E-state index contributed by atoms with van der Waals surface area (Å²) >= 11 is 0. The van der Waals surface area contributed by atoms with Crippen LogP contribution in [0.1, 0.15) is 41.5 Å². The lowest BCUT2D eigenvalue weighted by molar-refractivity contribution is 0.0930. The van der Waals surface area contributed by atoms with Crippen LogP contribution in [0.3, 0.4) is 0 Å². The summed E-state index contributed by atoms with van der Waals surface area (Å²) in [6.07, 6.45) is 10.0. The molecule has 0 spiro atoms. The molecule has 1 aliphatic rings. The third-order valence-corrected chi connectivity index (χ3v) is 4.57. The fourth-order valence-electron chi connectivity index (χ4n) is 3.21. The third kappa shape index (κ3) is 5.06. The number of aryl methyl sites for hydroxylation is 1. The predicted molar refractivity (Wildman–Crippen MR) is 96.0 cm³/mol. The van der Waals surface area contributed by atoms with Crippen molar-refractivity contribution in [2.45, 2.75) is 32.7 Å². The summed E-state index contributed by atoms with van der Waals surface area (Å²) in [6, 6.07) is 4.08. The molecular weight excluding hydrogens is 314 g/mol. The van der Waals surface area contributed by atoms with Crippen molar-refractivity contribution in [3.8, 4) is 0 Å². The third-order valence-electron chi connectivity index (χ3n) is 4.57. The van der Waals surface area contributed by atoms with Gasteiger partial charge in [-0.15, -0.1) is 0 Å². The minimum atomic E-state index is -0.0907. The Balaban J connectivity index is 1.48. The minimum Gasteiger partial charge on any atom is -0.352 e. The quantitative estimate of drug-likeness (QED) is 0.872. The number of aromatic nitrogens is 3. The number of carbonyl (C=O) groups excluding carboxylic acids is 1. The number of likely N-dealkylation sites (tertiary alicyclic amines) is 1. The Morgan fingerprint density at radius 1 is 1.32 bits per heavy atom. The van der Waals surface area contributed by atoms with Crippen LogP contribution < -0.4 is 5.32 Å². The first-order valence-corrected chi connectivity index (χ1v) is 8.95. The lowest BCUT2D eigenvalue weighted by Crippen LogP contribution is -2.40. The maximum atomic E-state index is 12.2. The SMILES string of the molecule is CCc1ncc(C(=O)NC[C@H]2CCCN(Cc3cccnc3)C2)cn1. The summed E-state index contributed by atoms with van der Waals surface area (Å²) in [5, 5.41) is 3.03. The van der Waals surface area contributed by atoms with Gasteiger partial charge in [-0.05, 0) is 36.9 Å². The van der Waals surface area contributed by atoms with E-state index in [2.05, 4.69) is 31.2 Å². The van der Waals surface area contributed by atoms with Crippen LogP contribution in [0.5, 0.6) is 0 Å². The number of carbonyl (C=O) groups is 1. The van der Waals surface area contributed by atoms with Crippen molar-refractivity contribution in [3.63, 3.8) is 0 Å². The second-order valence-electron chi connectivity index (χ2n) is 6.56. The molecule has 6 nitrogen and oxygen atoms in total. The van der Waals surface area contributed by atoms with Crippen LogP contribution in [0.2, 0.25) is 0 Å². The van der Waals surface area contributed by atoms with Crippen LogP contribution >= 0.6 is 0 Å². The van der Waals surface area contributed by atoms with Crippen molar-refractivity contribution in [3.05, 3.63) is 53.9 Å². The Morgan fingerprint density at radius 3 is 2.88 bits per heavy atom. The maximum absolute atomic E-state index is 12.2. The predicted octanol–water partition coefficient (Wildman–Crippen LogP) is 2.08. The zero-order valence-corrected chi connectivity index (χ0v) is 14.7. The highest BCUT2D eigenvalue weighted by Gasteiger charge is 2.20. The van der Waals surface area contributed by atoms with Crippen LogP contribution in [0.15, 0.2) is 36.9 Å². The van der Waals surface area contributed by atoms with Gasteiger partial charge in [0.05, 0.1) is 5.56 Å². The smallest absolute Gasteiger partial charge is 0.254 e. The van der Waals surface area contributed by atoms with Crippen LogP contribution in [-0.2, 0) is 13.0 Å². The topological polar surface area (TPSA) is 71.0 Å². The van der Waals surface area contributed by atoms with Gasteiger partial charge in [-0.1, -0.05) is 13.0 Å². The lowest BCUT2D eigenvalue weighted by Gasteiger charge is -2.32. The van der Waals surface area contributed by atoms with Crippen molar-refractivity contribution < 1.29 is 4.79 Å². The van der Waals surface area contributed by atoms with Gasteiger partial charge in [0.2, 0.25) is 0 Å². The van der Waals surface area contributed by atoms with Gasteiger partial charge in [-0.2, -0.15) is 0 Å². The zero-order valence-electron chi connectivity index (χ0n) is 14.7. The van der Waals surface area contributed by atoms with Crippen molar-refractivity contribution in [2.75, 3.05) is 19.6 Å². The van der Waals surface area contributed by atoms with Gasteiger partial charge >= 0.3 is 0 Å². The second-order valence-corrected chi connectivity index (χ2v) is 6.56. The molecule has 1 N–H and O–H groups in total. The first kappa shape index (κ1) is 17.5. The fourth-order valence-corrected chi connectivity index (χ4v) is 3.21. The number of piperidine rings is 1. The van der Waals surface area contributed by atoms with Crippen LogP contribution in [-0.4, -0.2) is 45.4 Å². The number of pyridine rings is 1. The number of nitrogens with zero attached hydrogens (tertiary/aromatic N) is 4. The highest BCUT2D eigenvalue weighted by atomic mass is 16.1. The number of nitrogens with one attached hydrogen (secondary N) is 1. The van der Waals surface area contributed by atoms with Gasteiger partial charge < -0.3 is 5.32 Å². The van der Waals surface area contributed by atoms with Crippen molar-refractivity contribution in [1.29, 1.82) is 0 Å². The summed E-state index contributed by atoms with van der Waals surface area (Å²) in [7, 11) is 0. The summed E-state index contributed by atoms with van der Waals surface area (Å²) in [5.74, 6) is 1.15. The molecule has 1 fully saturated rings. The molecule has 2 aromatic rings. The van der Waals surface area contributed by atoms with Gasteiger partial charge in [0.25, 0.3) is 5.91 Å². The standard InChI is InChI=1S/C19H25N5O/c1-2-18-21-11-17(12-22-18)19(25)23-10-16-6-4-8-24(14-16)13-15-5-3-7-20-9-15/h3,5,7,9,11-12,16H,2,4,6,8,10,13-14H2,1H3,(H,23,25)/t16-/m1/s1. The van der Waals surface area contributed by atoms with E-state index in [1.165, 1.54) is 5.56 Å². The van der Waals surface area contributed by atoms with Crippen molar-refractivity contribution >= 4 is 5.91 Å². The fraction of sp³-hybridized carbons (Fsp3) is 0.474. The van der Waals surface area contributed by atoms with Gasteiger partial charge in [-0.3, -0.25) is 14.7 Å². The van der Waals surface area contributed by atoms with E-state index in [0.717, 1.165) is 44.7 Å². The van der Waals surface area contributed by atoms with Gasteiger partial charge in [0.1, 0.15) is 5.82 Å². The molecule has 0 aliphatic carbocycles. The Morgan fingerprint density at radius 2 is 2.16 bits per heavy atom. The zero-order chi connectivity index (χ0) is 17.5. The second kappa shape index (κ2) is 8.67. The molecule has 1 saturated heterocycles. The number of hydrogen-bond donors (Lipinski definition) is 1. The van der Waals surface area contributed by atoms with Crippen molar-refractivity contribution in [1.82, 2.24) is 25.2 Å². The lowest BCUT2D eigenvalue weighted by atomic mass is 9.97. The Bertz CT molecular complexity index is 674. The van der Waals surface area contributed by atoms with E-state index >= 15 is 0 Å². The summed E-state index contributed by atoms with van der Waals surface area (Å²) in [4.78, 5) is 27.2. The summed E-state index contributed by atoms with van der Waals surface area (Å²) < 4.78 is 0. The molecule has 3 heterocycles. The average molecular weight is 339 g/mol. The average Bonchev–Trinajstić information content (AvgIpc) is 2.67. The highest BCUT2D eigenvalue weighted by Crippen LogP contribution is 2.18. The van der Waals surface area contributed by atoms with E-state index in [9.17, 15) is 4.79 Å². The minimum absolute atomic E-state index is 0.0907. The first-order chi connectivity index (χ1) is 12.2. The maximum Gasteiger partial charge on any atom is 0.254 e. The van der Waals surface area contributed by atoms with E-state index in [0.29, 0.717) is 18.0 Å². The molecule has 3 rings (SSSR count). The normalized spacial score (nSPS) is 18.0. The molecule has 0 saturated carbocycles. The Kier molecular flexibility index (Phi) is 6.06. The molecule has 0 unspecified atom stereocenters. The van der Waals surface area contributed by atoms with Crippen LogP contribution in [0, 0.1) is 5.92 Å². The molecular formula is C19H25N5O. The number of rotatable bonds is 6. The Hall–Kier alpha value is -2.34. The van der Waals surface area contributed by atoms with Gasteiger partial charge in [0, 0.05) is 50.8 Å². The Labute approximate surface area is 148 Å². The molecule has 1 amide bonds. The van der Waals surface area contributed by atoms with Crippen LogP contribution in [0.25, 0.3) is 0 Å². The van der Waals surface area contributed by atoms with Crippen molar-refractivity contribution in [2.24, 2.45) is 5.92 Å². The number of amides is 1. The summed E-state index contributed by atoms with van der Waals surface area (Å²) in [6.45, 7) is 5.71. The highest BCUT2D eigenvalue weighted by molar-refractivity contribution is 5.93. The van der Waals surface area contributed by atoms with Gasteiger partial charge in [0.15, 0.2) is 0 Å². The van der Waals surface area contributed by atoms with E-state index in [1.54, 1.807) is 18.6 Å². The monoisotopic (exact) mass is 339 g/mol. The van der Waals surface area contributed by atoms with Crippen LogP contribution in [0.4, 0.5) is 0 Å². The van der Waals surface area contributed by atoms with Gasteiger partial charge in [-0.25, -0.2) is 9.97 Å². The first-order valence-electron chi connectivity index (χ1n) is 8.95. The van der Waals surface area contributed by atoms with E-state index in [-0.39, 0.29) is 5.91 Å². The molecule has 1 aliphatic heterocycles. The van der Waals surface area contributed by atoms with E-state index in [4.69, 9.17) is 0 Å². The summed E-state index contributed by atoms with van der Waals surface area (Å²) in [5.41, 5.74) is 1.76. The molecule has 25 heavy (non-hydrogen) atoms. The molecule has 1 atom stereocenters. The molecule has 0 radical (unpaired) electrons. The molecule has 0 bridgehead atoms. The molecule has 0 aromatic carbocycles. The largest absolute Gasteiger partial charge is 0.352 e. The van der Waals surface area contributed by atoms with E-state index in [1.807, 2.05) is 19.2 Å². The molecule has 6 heteroatoms. The number of hydrogen-bond acceptors (Lipinski definition) is 5. The molecule has 2 aromatic heterocycles. The molecule has 132 valence electrons. The van der Waals surface area contributed by atoms with E-state index < -0.39 is 0 Å².